The van der Waals surface area contributed by atoms with Gasteiger partial charge in [0.15, 0.2) is 0 Å². The second-order valence-electron chi connectivity index (χ2n) is 9.28. The average molecular weight is 486 g/mol. The molecule has 1 saturated heterocycles. The number of β-amino-alcohol motifs (C(OH)–C–C–N with tert-alkyl or cyclic N) is 1. The molecule has 184 valence electrons. The lowest BCUT2D eigenvalue weighted by molar-refractivity contribution is -0.122. The Bertz CT molecular complexity index is 1530. The lowest BCUT2D eigenvalue weighted by Crippen LogP contribution is -2.41. The number of aliphatic hydroxyl groups is 1. The van der Waals surface area contributed by atoms with Gasteiger partial charge in [-0.05, 0) is 18.2 Å². The number of fused-ring (bicyclic) bond motifs is 2. The molecule has 1 fully saturated rings. The third-order valence-electron chi connectivity index (χ3n) is 6.98. The second-order valence-corrected chi connectivity index (χ2v) is 9.28. The molecule has 0 radical (unpaired) electrons. The van der Waals surface area contributed by atoms with Gasteiger partial charge in [-0.3, -0.25) is 19.8 Å². The first-order chi connectivity index (χ1) is 17.5. The summed E-state index contributed by atoms with van der Waals surface area (Å²) < 4.78 is 7.32. The maximum Gasteiger partial charge on any atom is 0.259 e. The zero-order chi connectivity index (χ0) is 24.8. The molecule has 6 rings (SSSR count). The number of carbonyl (C=O) groups is 2. The van der Waals surface area contributed by atoms with E-state index in [0.29, 0.717) is 54.1 Å². The number of nitrogens with one attached hydrogen (secondary N) is 2. The van der Waals surface area contributed by atoms with Crippen LogP contribution < -0.4 is 11.1 Å². The zero-order valence-electron chi connectivity index (χ0n) is 19.7. The molecule has 4 heterocycles. The molecule has 36 heavy (non-hydrogen) atoms. The van der Waals surface area contributed by atoms with Gasteiger partial charge in [0, 0.05) is 71.7 Å². The molecule has 4 aromatic rings. The van der Waals surface area contributed by atoms with Crippen molar-refractivity contribution in [3.8, 4) is 0 Å². The van der Waals surface area contributed by atoms with Crippen molar-refractivity contribution in [2.75, 3.05) is 38.6 Å². The molecule has 1 unspecified atom stereocenters. The number of amides is 2. The number of para-hydroxylation sites is 1. The molecule has 9 nitrogen and oxygen atoms in total. The van der Waals surface area contributed by atoms with E-state index in [9.17, 15) is 14.7 Å². The van der Waals surface area contributed by atoms with Crippen molar-refractivity contribution in [2.45, 2.75) is 12.6 Å². The molecule has 2 aliphatic rings. The zero-order valence-corrected chi connectivity index (χ0v) is 19.7. The first-order valence-corrected chi connectivity index (χ1v) is 12.0. The first kappa shape index (κ1) is 22.5. The maximum absolute atomic E-state index is 13.2. The number of ether oxygens (including phenoxy) is 1. The summed E-state index contributed by atoms with van der Waals surface area (Å²) in [5, 5.41) is 14.9. The third kappa shape index (κ3) is 3.78. The monoisotopic (exact) mass is 485 g/mol. The molecular weight excluding hydrogens is 458 g/mol. The van der Waals surface area contributed by atoms with E-state index in [-0.39, 0.29) is 5.57 Å². The summed E-state index contributed by atoms with van der Waals surface area (Å²) in [6.45, 7) is 3.72. The number of carbonyl (C=O) groups excluding carboxylic acids is 2. The largest absolute Gasteiger partial charge is 0.398 e. The number of aromatic nitrogens is 2. The Morgan fingerprint density at radius 1 is 0.972 bits per heavy atom. The summed E-state index contributed by atoms with van der Waals surface area (Å²) in [5.41, 5.74) is 10.4. The number of nitrogen functional groups attached to an aromatic ring is 1. The van der Waals surface area contributed by atoms with E-state index in [1.165, 1.54) is 0 Å². The lowest BCUT2D eigenvalue weighted by Gasteiger charge is -2.28. The molecule has 0 bridgehead atoms. The van der Waals surface area contributed by atoms with Crippen LogP contribution in [0.1, 0.15) is 11.1 Å². The molecule has 2 aromatic heterocycles. The Labute approximate surface area is 207 Å². The SMILES string of the molecule is Nc1cccc2c1c(C1=C(c3c[nH]c4ccccc34)C(=O)NC1=O)cn2CC(O)CN1CCOCC1. The van der Waals surface area contributed by atoms with Crippen LogP contribution in [0.15, 0.2) is 54.9 Å². The van der Waals surface area contributed by atoms with E-state index in [1.54, 1.807) is 12.3 Å². The second kappa shape index (κ2) is 8.94. The van der Waals surface area contributed by atoms with Gasteiger partial charge in [-0.2, -0.15) is 0 Å². The predicted octanol–water partition coefficient (Wildman–Crippen LogP) is 1.97. The smallest absolute Gasteiger partial charge is 0.259 e. The van der Waals surface area contributed by atoms with E-state index in [4.69, 9.17) is 10.5 Å². The van der Waals surface area contributed by atoms with E-state index >= 15 is 0 Å². The summed E-state index contributed by atoms with van der Waals surface area (Å²) in [4.78, 5) is 31.6. The number of aliphatic hydroxyl groups excluding tert-OH is 1. The summed E-state index contributed by atoms with van der Waals surface area (Å²) in [6, 6.07) is 13.2. The van der Waals surface area contributed by atoms with Crippen molar-refractivity contribution in [1.82, 2.24) is 19.8 Å². The molecular formula is C27H27N5O4. The van der Waals surface area contributed by atoms with Crippen molar-refractivity contribution in [2.24, 2.45) is 0 Å². The normalized spacial score (nSPS) is 17.9. The van der Waals surface area contributed by atoms with Gasteiger partial charge < -0.3 is 25.1 Å². The number of imide groups is 1. The van der Waals surface area contributed by atoms with Crippen molar-refractivity contribution in [1.29, 1.82) is 0 Å². The number of benzene rings is 2. The van der Waals surface area contributed by atoms with E-state index in [2.05, 4.69) is 15.2 Å². The number of rotatable bonds is 6. The quantitative estimate of drug-likeness (QED) is 0.244. The Morgan fingerprint density at radius 2 is 1.72 bits per heavy atom. The van der Waals surface area contributed by atoms with Gasteiger partial charge >= 0.3 is 0 Å². The average Bonchev–Trinajstić information content (AvgIpc) is 3.53. The predicted molar refractivity (Wildman–Crippen MR) is 138 cm³/mol. The minimum atomic E-state index is -0.630. The van der Waals surface area contributed by atoms with Crippen LogP contribution in [0.25, 0.3) is 33.0 Å². The van der Waals surface area contributed by atoms with Crippen LogP contribution in [-0.4, -0.2) is 70.3 Å². The fourth-order valence-corrected chi connectivity index (χ4v) is 5.33. The fourth-order valence-electron chi connectivity index (χ4n) is 5.33. The van der Waals surface area contributed by atoms with Gasteiger partial charge in [0.05, 0.1) is 36.0 Å². The first-order valence-electron chi connectivity index (χ1n) is 12.0. The lowest BCUT2D eigenvalue weighted by atomic mass is 9.95. The van der Waals surface area contributed by atoms with Gasteiger partial charge in [0.2, 0.25) is 0 Å². The highest BCUT2D eigenvalue weighted by Gasteiger charge is 2.35. The van der Waals surface area contributed by atoms with Gasteiger partial charge in [0.1, 0.15) is 0 Å². The Morgan fingerprint density at radius 3 is 2.53 bits per heavy atom. The number of aromatic amines is 1. The molecule has 0 aliphatic carbocycles. The highest BCUT2D eigenvalue weighted by molar-refractivity contribution is 6.51. The highest BCUT2D eigenvalue weighted by Crippen LogP contribution is 2.40. The van der Waals surface area contributed by atoms with Crippen LogP contribution in [0.4, 0.5) is 5.69 Å². The van der Waals surface area contributed by atoms with Crippen LogP contribution in [0.5, 0.6) is 0 Å². The molecule has 5 N–H and O–H groups in total. The van der Waals surface area contributed by atoms with Crippen molar-refractivity contribution in [3.63, 3.8) is 0 Å². The molecule has 2 aliphatic heterocycles. The van der Waals surface area contributed by atoms with Gasteiger partial charge in [-0.25, -0.2) is 0 Å². The third-order valence-corrected chi connectivity index (χ3v) is 6.98. The number of nitrogens with two attached hydrogens (primary N) is 1. The Kier molecular flexibility index (Phi) is 5.60. The summed E-state index contributed by atoms with van der Waals surface area (Å²) in [6.07, 6.45) is 2.95. The summed E-state index contributed by atoms with van der Waals surface area (Å²) in [7, 11) is 0. The molecule has 1 atom stereocenters. The van der Waals surface area contributed by atoms with E-state index in [0.717, 1.165) is 29.5 Å². The number of hydrogen-bond donors (Lipinski definition) is 4. The van der Waals surface area contributed by atoms with Gasteiger partial charge in [0.25, 0.3) is 11.8 Å². The standard InChI is InChI=1S/C27H27N5O4/c28-20-5-3-7-22-23(20)19(15-32(22)14-16(33)13-31-8-10-36-11-9-31)25-24(26(34)30-27(25)35)18-12-29-21-6-2-1-4-17(18)21/h1-7,12,15-16,29,33H,8-11,13-14,28H2,(H,30,34,35). The Balaban J connectivity index is 1.47. The molecule has 2 amide bonds. The van der Waals surface area contributed by atoms with Gasteiger partial charge in [-0.1, -0.05) is 24.3 Å². The van der Waals surface area contributed by atoms with Crippen LogP contribution in [-0.2, 0) is 20.9 Å². The van der Waals surface area contributed by atoms with Crippen molar-refractivity contribution in [3.05, 3.63) is 66.0 Å². The van der Waals surface area contributed by atoms with Crippen LogP contribution in [0.3, 0.4) is 0 Å². The summed E-state index contributed by atoms with van der Waals surface area (Å²) >= 11 is 0. The highest BCUT2D eigenvalue weighted by atomic mass is 16.5. The number of hydrogen-bond acceptors (Lipinski definition) is 6. The summed E-state index contributed by atoms with van der Waals surface area (Å²) in [5.74, 6) is -0.904. The van der Waals surface area contributed by atoms with E-state index in [1.807, 2.05) is 47.2 Å². The number of H-pyrrole nitrogens is 1. The van der Waals surface area contributed by atoms with Crippen LogP contribution in [0, 0.1) is 0 Å². The molecule has 2 aromatic carbocycles. The Hall–Kier alpha value is -3.92. The van der Waals surface area contributed by atoms with Crippen molar-refractivity contribution >= 4 is 50.5 Å². The topological polar surface area (TPSA) is 126 Å². The van der Waals surface area contributed by atoms with E-state index < -0.39 is 17.9 Å². The van der Waals surface area contributed by atoms with Crippen LogP contribution in [0.2, 0.25) is 0 Å². The van der Waals surface area contributed by atoms with Crippen molar-refractivity contribution < 1.29 is 19.4 Å². The number of nitrogens with zero attached hydrogens (tertiary/aromatic N) is 2. The number of morpholine rings is 1. The minimum Gasteiger partial charge on any atom is -0.398 e. The van der Waals surface area contributed by atoms with Crippen LogP contribution >= 0.6 is 0 Å². The minimum absolute atomic E-state index is 0.286. The maximum atomic E-state index is 13.2. The molecule has 0 saturated carbocycles. The molecule has 0 spiro atoms. The fraction of sp³-hybridized carbons (Fsp3) is 0.259. The van der Waals surface area contributed by atoms with Gasteiger partial charge in [-0.15, -0.1) is 0 Å². The molecule has 9 heteroatoms. The number of anilines is 1.